The van der Waals surface area contributed by atoms with Crippen LogP contribution < -0.4 is 5.73 Å². The van der Waals surface area contributed by atoms with E-state index < -0.39 is 0 Å². The SMILES string of the molecule is CC(C)N1CCCC(CN=C(N)N2CCCCCC2)C1. The molecule has 0 aromatic rings. The summed E-state index contributed by atoms with van der Waals surface area (Å²) in [5.41, 5.74) is 6.19. The predicted octanol–water partition coefficient (Wildman–Crippen LogP) is 2.30. The highest BCUT2D eigenvalue weighted by Gasteiger charge is 2.21. The molecule has 0 spiro atoms. The fourth-order valence-electron chi connectivity index (χ4n) is 3.34. The zero-order chi connectivity index (χ0) is 14.4. The maximum Gasteiger partial charge on any atom is 0.191 e. The van der Waals surface area contributed by atoms with E-state index in [1.165, 1.54) is 51.6 Å². The maximum atomic E-state index is 6.19. The van der Waals surface area contributed by atoms with E-state index in [0.29, 0.717) is 12.0 Å². The first-order valence-corrected chi connectivity index (χ1v) is 8.45. The topological polar surface area (TPSA) is 44.9 Å². The number of piperidine rings is 1. The fourth-order valence-corrected chi connectivity index (χ4v) is 3.34. The lowest BCUT2D eigenvalue weighted by Gasteiger charge is -2.35. The van der Waals surface area contributed by atoms with Crippen LogP contribution in [0, 0.1) is 5.92 Å². The van der Waals surface area contributed by atoms with Crippen molar-refractivity contribution < 1.29 is 0 Å². The third-order valence-corrected chi connectivity index (χ3v) is 4.72. The van der Waals surface area contributed by atoms with E-state index in [9.17, 15) is 0 Å². The molecule has 0 amide bonds. The highest BCUT2D eigenvalue weighted by molar-refractivity contribution is 5.78. The summed E-state index contributed by atoms with van der Waals surface area (Å²) >= 11 is 0. The molecule has 0 saturated carbocycles. The predicted molar refractivity (Wildman–Crippen MR) is 86.0 cm³/mol. The average molecular weight is 280 g/mol. The summed E-state index contributed by atoms with van der Waals surface area (Å²) in [7, 11) is 0. The Morgan fingerprint density at radius 2 is 1.80 bits per heavy atom. The minimum atomic E-state index is 0.657. The number of rotatable bonds is 3. The lowest BCUT2D eigenvalue weighted by molar-refractivity contribution is 0.143. The molecule has 2 N–H and O–H groups in total. The normalized spacial score (nSPS) is 26.9. The number of hydrogen-bond donors (Lipinski definition) is 1. The number of guanidine groups is 1. The molecule has 20 heavy (non-hydrogen) atoms. The zero-order valence-electron chi connectivity index (χ0n) is 13.4. The Bertz CT molecular complexity index is 306. The van der Waals surface area contributed by atoms with Crippen LogP contribution in [-0.2, 0) is 0 Å². The number of aliphatic imine (C=N–C) groups is 1. The molecular formula is C16H32N4. The molecule has 116 valence electrons. The van der Waals surface area contributed by atoms with Gasteiger partial charge in [0.1, 0.15) is 0 Å². The number of likely N-dealkylation sites (tertiary alicyclic amines) is 2. The largest absolute Gasteiger partial charge is 0.370 e. The van der Waals surface area contributed by atoms with E-state index >= 15 is 0 Å². The van der Waals surface area contributed by atoms with Crippen LogP contribution in [0.15, 0.2) is 4.99 Å². The van der Waals surface area contributed by atoms with Gasteiger partial charge in [0.05, 0.1) is 0 Å². The summed E-state index contributed by atoms with van der Waals surface area (Å²) in [4.78, 5) is 9.56. The van der Waals surface area contributed by atoms with Crippen LogP contribution in [0.1, 0.15) is 52.4 Å². The van der Waals surface area contributed by atoms with E-state index in [-0.39, 0.29) is 0 Å². The van der Waals surface area contributed by atoms with Crippen LogP contribution in [0.25, 0.3) is 0 Å². The lowest BCUT2D eigenvalue weighted by atomic mass is 9.97. The van der Waals surface area contributed by atoms with Gasteiger partial charge in [0.25, 0.3) is 0 Å². The van der Waals surface area contributed by atoms with E-state index in [4.69, 9.17) is 10.7 Å². The highest BCUT2D eigenvalue weighted by Crippen LogP contribution is 2.18. The Labute approximate surface area is 124 Å². The molecule has 4 heteroatoms. The lowest BCUT2D eigenvalue weighted by Crippen LogP contribution is -2.42. The van der Waals surface area contributed by atoms with E-state index in [1.54, 1.807) is 0 Å². The minimum absolute atomic E-state index is 0.657. The minimum Gasteiger partial charge on any atom is -0.370 e. The van der Waals surface area contributed by atoms with Gasteiger partial charge >= 0.3 is 0 Å². The summed E-state index contributed by atoms with van der Waals surface area (Å²) in [6.07, 6.45) is 7.83. The first-order chi connectivity index (χ1) is 9.66. The van der Waals surface area contributed by atoms with Crippen molar-refractivity contribution in [3.05, 3.63) is 0 Å². The second-order valence-corrected chi connectivity index (χ2v) is 6.70. The molecule has 4 nitrogen and oxygen atoms in total. The van der Waals surface area contributed by atoms with Crippen LogP contribution in [-0.4, -0.2) is 54.5 Å². The molecule has 2 fully saturated rings. The Morgan fingerprint density at radius 1 is 1.10 bits per heavy atom. The Balaban J connectivity index is 1.81. The van der Waals surface area contributed by atoms with Crippen molar-refractivity contribution >= 4 is 5.96 Å². The number of nitrogens with zero attached hydrogens (tertiary/aromatic N) is 3. The van der Waals surface area contributed by atoms with Crippen molar-refractivity contribution in [1.29, 1.82) is 0 Å². The highest BCUT2D eigenvalue weighted by atomic mass is 15.2. The Morgan fingerprint density at radius 3 is 2.45 bits per heavy atom. The Hall–Kier alpha value is -0.770. The first-order valence-electron chi connectivity index (χ1n) is 8.45. The summed E-state index contributed by atoms with van der Waals surface area (Å²) in [6.45, 7) is 10.1. The molecule has 2 rings (SSSR count). The quantitative estimate of drug-likeness (QED) is 0.637. The molecule has 0 aromatic heterocycles. The van der Waals surface area contributed by atoms with E-state index in [1.807, 2.05) is 0 Å². The van der Waals surface area contributed by atoms with Crippen molar-refractivity contribution in [1.82, 2.24) is 9.80 Å². The van der Waals surface area contributed by atoms with Crippen molar-refractivity contribution in [2.75, 3.05) is 32.7 Å². The standard InChI is InChI=1S/C16H32N4/c1-14(2)20-11-7-8-15(13-20)12-18-16(17)19-9-5-3-4-6-10-19/h14-15H,3-13H2,1-2H3,(H2,17,18). The molecule has 2 aliphatic rings. The van der Waals surface area contributed by atoms with Gasteiger partial charge in [-0.25, -0.2) is 0 Å². The third-order valence-electron chi connectivity index (χ3n) is 4.72. The first kappa shape index (κ1) is 15.6. The van der Waals surface area contributed by atoms with Crippen LogP contribution >= 0.6 is 0 Å². The molecule has 0 aromatic carbocycles. The third kappa shape index (κ3) is 4.65. The monoisotopic (exact) mass is 280 g/mol. The smallest absolute Gasteiger partial charge is 0.191 e. The van der Waals surface area contributed by atoms with Crippen molar-refractivity contribution in [2.45, 2.75) is 58.4 Å². The molecule has 2 aliphatic heterocycles. The second-order valence-electron chi connectivity index (χ2n) is 6.70. The summed E-state index contributed by atoms with van der Waals surface area (Å²) in [6, 6.07) is 0.657. The molecule has 2 heterocycles. The maximum absolute atomic E-state index is 6.19. The van der Waals surface area contributed by atoms with Gasteiger partial charge in [-0.1, -0.05) is 12.8 Å². The molecule has 0 aliphatic carbocycles. The fraction of sp³-hybridized carbons (Fsp3) is 0.938. The summed E-state index contributed by atoms with van der Waals surface area (Å²) in [5.74, 6) is 1.48. The van der Waals surface area contributed by atoms with E-state index in [2.05, 4.69) is 23.6 Å². The van der Waals surface area contributed by atoms with Gasteiger partial charge in [-0.2, -0.15) is 0 Å². The van der Waals surface area contributed by atoms with Gasteiger partial charge < -0.3 is 15.5 Å². The van der Waals surface area contributed by atoms with Crippen LogP contribution in [0.5, 0.6) is 0 Å². The van der Waals surface area contributed by atoms with Crippen molar-refractivity contribution in [3.63, 3.8) is 0 Å². The zero-order valence-corrected chi connectivity index (χ0v) is 13.4. The van der Waals surface area contributed by atoms with Gasteiger partial charge in [0.15, 0.2) is 5.96 Å². The van der Waals surface area contributed by atoms with Crippen molar-refractivity contribution in [2.24, 2.45) is 16.6 Å². The molecule has 1 atom stereocenters. The second kappa shape index (κ2) is 7.87. The average Bonchev–Trinajstić information content (AvgIpc) is 2.74. The summed E-state index contributed by atoms with van der Waals surface area (Å²) < 4.78 is 0. The molecule has 0 bridgehead atoms. The van der Waals surface area contributed by atoms with E-state index in [0.717, 1.165) is 25.6 Å². The van der Waals surface area contributed by atoms with Gasteiger partial charge in [0, 0.05) is 32.2 Å². The molecular weight excluding hydrogens is 248 g/mol. The van der Waals surface area contributed by atoms with Gasteiger partial charge in [-0.15, -0.1) is 0 Å². The van der Waals surface area contributed by atoms with Crippen LogP contribution in [0.2, 0.25) is 0 Å². The Kier molecular flexibility index (Phi) is 6.14. The van der Waals surface area contributed by atoms with Gasteiger partial charge in [-0.05, 0) is 52.0 Å². The number of nitrogens with two attached hydrogens (primary N) is 1. The molecule has 0 radical (unpaired) electrons. The van der Waals surface area contributed by atoms with Crippen LogP contribution in [0.4, 0.5) is 0 Å². The van der Waals surface area contributed by atoms with Crippen molar-refractivity contribution in [3.8, 4) is 0 Å². The molecule has 1 unspecified atom stereocenters. The number of hydrogen-bond acceptors (Lipinski definition) is 2. The van der Waals surface area contributed by atoms with Gasteiger partial charge in [0.2, 0.25) is 0 Å². The summed E-state index contributed by atoms with van der Waals surface area (Å²) in [5, 5.41) is 0. The molecule has 2 saturated heterocycles. The van der Waals surface area contributed by atoms with Gasteiger partial charge in [-0.3, -0.25) is 4.99 Å². The van der Waals surface area contributed by atoms with Crippen LogP contribution in [0.3, 0.4) is 0 Å².